The van der Waals surface area contributed by atoms with E-state index in [1.54, 1.807) is 7.11 Å². The van der Waals surface area contributed by atoms with Gasteiger partial charge in [-0.15, -0.1) is 0 Å². The molecule has 0 aromatic carbocycles. The molecule has 112 valence electrons. The molecule has 20 heavy (non-hydrogen) atoms. The molecule has 0 atom stereocenters. The van der Waals surface area contributed by atoms with Crippen LogP contribution in [0.15, 0.2) is 0 Å². The van der Waals surface area contributed by atoms with Gasteiger partial charge in [0.15, 0.2) is 0 Å². The van der Waals surface area contributed by atoms with Gasteiger partial charge in [-0.05, 0) is 19.3 Å². The lowest BCUT2D eigenvalue weighted by molar-refractivity contribution is 0.196. The van der Waals surface area contributed by atoms with E-state index < -0.39 is 0 Å². The summed E-state index contributed by atoms with van der Waals surface area (Å²) in [6.45, 7) is 3.66. The molecule has 1 N–H and O–H groups in total. The van der Waals surface area contributed by atoms with E-state index in [-0.39, 0.29) is 0 Å². The fraction of sp³-hybridized carbons (Fsp3) is 0.769. The maximum atomic E-state index is 5.08. The van der Waals surface area contributed by atoms with Crippen molar-refractivity contribution in [2.75, 3.05) is 62.6 Å². The largest absolute Gasteiger partial charge is 0.385 e. The molecule has 1 aliphatic heterocycles. The third kappa shape index (κ3) is 3.69. The fourth-order valence-electron chi connectivity index (χ4n) is 2.24. The van der Waals surface area contributed by atoms with Crippen LogP contribution in [0.25, 0.3) is 0 Å². The Morgan fingerprint density at radius 1 is 1.25 bits per heavy atom. The van der Waals surface area contributed by atoms with Gasteiger partial charge in [0.25, 0.3) is 0 Å². The number of nitrogens with one attached hydrogen (secondary N) is 1. The van der Waals surface area contributed by atoms with Crippen LogP contribution in [0.5, 0.6) is 0 Å². The maximum Gasteiger partial charge on any atom is 0.231 e. The smallest absolute Gasteiger partial charge is 0.231 e. The highest BCUT2D eigenvalue weighted by molar-refractivity contribution is 5.45. The molecule has 0 radical (unpaired) electrons. The molecule has 0 bridgehead atoms. The number of anilines is 3. The predicted molar refractivity (Wildman–Crippen MR) is 80.6 cm³/mol. The summed E-state index contributed by atoms with van der Waals surface area (Å²) in [4.78, 5) is 17.7. The molecule has 7 heteroatoms. The third-order valence-corrected chi connectivity index (χ3v) is 3.41. The van der Waals surface area contributed by atoms with Crippen molar-refractivity contribution in [1.82, 2.24) is 15.0 Å². The monoisotopic (exact) mass is 280 g/mol. The molecular formula is C13H24N6O. The van der Waals surface area contributed by atoms with Crippen molar-refractivity contribution in [1.29, 1.82) is 0 Å². The summed E-state index contributed by atoms with van der Waals surface area (Å²) < 4.78 is 5.08. The Kier molecular flexibility index (Phi) is 5.34. The standard InChI is InChI=1S/C13H24N6O/c1-14-11-15-12(18(2)7-6-10-20-3)17-13(16-11)19-8-4-5-9-19/h4-10H2,1-3H3,(H,14,15,16,17). The van der Waals surface area contributed by atoms with E-state index >= 15 is 0 Å². The average molecular weight is 280 g/mol. The summed E-state index contributed by atoms with van der Waals surface area (Å²) in [7, 11) is 5.55. The highest BCUT2D eigenvalue weighted by Gasteiger charge is 2.18. The third-order valence-electron chi connectivity index (χ3n) is 3.41. The molecule has 2 rings (SSSR count). The molecule has 7 nitrogen and oxygen atoms in total. The number of nitrogens with zero attached hydrogens (tertiary/aromatic N) is 5. The first-order chi connectivity index (χ1) is 9.74. The predicted octanol–water partition coefficient (Wildman–Crippen LogP) is 0.986. The highest BCUT2D eigenvalue weighted by atomic mass is 16.5. The molecule has 2 heterocycles. The van der Waals surface area contributed by atoms with Gasteiger partial charge in [-0.2, -0.15) is 15.0 Å². The van der Waals surface area contributed by atoms with Gasteiger partial charge in [0, 0.05) is 47.4 Å². The molecular weight excluding hydrogens is 256 g/mol. The van der Waals surface area contributed by atoms with Crippen LogP contribution in [0.1, 0.15) is 19.3 Å². The van der Waals surface area contributed by atoms with E-state index in [0.29, 0.717) is 11.9 Å². The zero-order valence-electron chi connectivity index (χ0n) is 12.6. The number of hydrogen-bond acceptors (Lipinski definition) is 7. The molecule has 0 spiro atoms. The van der Waals surface area contributed by atoms with E-state index in [4.69, 9.17) is 4.74 Å². The second kappa shape index (κ2) is 7.23. The molecule has 0 amide bonds. The van der Waals surface area contributed by atoms with Crippen molar-refractivity contribution in [3.05, 3.63) is 0 Å². The molecule has 0 saturated carbocycles. The molecule has 1 fully saturated rings. The Morgan fingerprint density at radius 2 is 2.00 bits per heavy atom. The first-order valence-electron chi connectivity index (χ1n) is 7.13. The lowest BCUT2D eigenvalue weighted by Crippen LogP contribution is -2.26. The van der Waals surface area contributed by atoms with E-state index in [2.05, 4.69) is 25.2 Å². The molecule has 1 saturated heterocycles. The van der Waals surface area contributed by atoms with E-state index in [9.17, 15) is 0 Å². The van der Waals surface area contributed by atoms with Crippen LogP contribution in [0.3, 0.4) is 0 Å². The Labute approximate surface area is 120 Å². The number of hydrogen-bond donors (Lipinski definition) is 1. The molecule has 1 aliphatic rings. The highest BCUT2D eigenvalue weighted by Crippen LogP contribution is 2.19. The number of methoxy groups -OCH3 is 1. The van der Waals surface area contributed by atoms with Gasteiger partial charge >= 0.3 is 0 Å². The Hall–Kier alpha value is -1.63. The van der Waals surface area contributed by atoms with Crippen molar-refractivity contribution in [2.24, 2.45) is 0 Å². The van der Waals surface area contributed by atoms with Gasteiger partial charge in [-0.1, -0.05) is 0 Å². The fourth-order valence-corrected chi connectivity index (χ4v) is 2.24. The molecule has 0 unspecified atom stereocenters. The summed E-state index contributed by atoms with van der Waals surface area (Å²) >= 11 is 0. The van der Waals surface area contributed by atoms with Crippen LogP contribution in [0.4, 0.5) is 17.8 Å². The van der Waals surface area contributed by atoms with Crippen LogP contribution in [-0.4, -0.2) is 62.4 Å². The maximum absolute atomic E-state index is 5.08. The van der Waals surface area contributed by atoms with E-state index in [1.807, 2.05) is 19.0 Å². The average Bonchev–Trinajstić information content (AvgIpc) is 3.01. The zero-order valence-corrected chi connectivity index (χ0v) is 12.6. The van der Waals surface area contributed by atoms with Gasteiger partial charge in [0.2, 0.25) is 17.8 Å². The number of aromatic nitrogens is 3. The van der Waals surface area contributed by atoms with Gasteiger partial charge in [-0.25, -0.2) is 0 Å². The second-order valence-corrected chi connectivity index (χ2v) is 4.97. The second-order valence-electron chi connectivity index (χ2n) is 4.97. The summed E-state index contributed by atoms with van der Waals surface area (Å²) in [5.41, 5.74) is 0. The Morgan fingerprint density at radius 3 is 2.65 bits per heavy atom. The Bertz CT molecular complexity index is 421. The SMILES string of the molecule is CNc1nc(N(C)CCCOC)nc(N2CCCC2)n1. The summed E-state index contributed by atoms with van der Waals surface area (Å²) in [5.74, 6) is 2.10. The first kappa shape index (κ1) is 14.8. The summed E-state index contributed by atoms with van der Waals surface area (Å²) in [6.07, 6.45) is 3.37. The normalized spacial score (nSPS) is 14.7. The minimum absolute atomic E-state index is 0.621. The van der Waals surface area contributed by atoms with Gasteiger partial charge in [0.05, 0.1) is 0 Å². The molecule has 0 aliphatic carbocycles. The number of ether oxygens (including phenoxy) is 1. The van der Waals surface area contributed by atoms with Crippen molar-refractivity contribution >= 4 is 17.8 Å². The van der Waals surface area contributed by atoms with Crippen molar-refractivity contribution in [2.45, 2.75) is 19.3 Å². The quantitative estimate of drug-likeness (QED) is 0.747. The van der Waals surface area contributed by atoms with Gasteiger partial charge in [0.1, 0.15) is 0 Å². The van der Waals surface area contributed by atoms with Crippen molar-refractivity contribution in [3.8, 4) is 0 Å². The van der Waals surface area contributed by atoms with Crippen LogP contribution in [0, 0.1) is 0 Å². The minimum atomic E-state index is 0.621. The van der Waals surface area contributed by atoms with Crippen molar-refractivity contribution in [3.63, 3.8) is 0 Å². The lowest BCUT2D eigenvalue weighted by atomic mass is 10.4. The zero-order chi connectivity index (χ0) is 14.4. The van der Waals surface area contributed by atoms with Crippen molar-refractivity contribution < 1.29 is 4.74 Å². The van der Waals surface area contributed by atoms with Crippen LogP contribution in [-0.2, 0) is 4.74 Å². The van der Waals surface area contributed by atoms with Crippen LogP contribution in [0.2, 0.25) is 0 Å². The molecule has 1 aromatic heterocycles. The van der Waals surface area contributed by atoms with Crippen LogP contribution < -0.4 is 15.1 Å². The lowest BCUT2D eigenvalue weighted by Gasteiger charge is -2.21. The number of rotatable bonds is 7. The summed E-state index contributed by atoms with van der Waals surface area (Å²) in [5, 5.41) is 3.01. The van der Waals surface area contributed by atoms with E-state index in [0.717, 1.165) is 38.6 Å². The van der Waals surface area contributed by atoms with E-state index in [1.165, 1.54) is 12.8 Å². The topological polar surface area (TPSA) is 66.4 Å². The Balaban J connectivity index is 2.12. The summed E-state index contributed by atoms with van der Waals surface area (Å²) in [6, 6.07) is 0. The minimum Gasteiger partial charge on any atom is -0.385 e. The van der Waals surface area contributed by atoms with Crippen LogP contribution >= 0.6 is 0 Å². The van der Waals surface area contributed by atoms with Gasteiger partial charge < -0.3 is 19.9 Å². The molecule has 1 aromatic rings. The first-order valence-corrected chi connectivity index (χ1v) is 7.13. The van der Waals surface area contributed by atoms with Gasteiger partial charge in [-0.3, -0.25) is 0 Å².